The fourth-order valence-corrected chi connectivity index (χ4v) is 4.89. The summed E-state index contributed by atoms with van der Waals surface area (Å²) in [5.41, 5.74) is 7.80. The minimum atomic E-state index is 0. The van der Waals surface area contributed by atoms with Crippen LogP contribution in [0, 0.1) is 0 Å². The molecule has 1 radical (unpaired) electrons. The molecule has 8 bridgehead atoms. The van der Waals surface area contributed by atoms with Crippen LogP contribution in [-0.4, -0.2) is 48.1 Å². The van der Waals surface area contributed by atoms with Gasteiger partial charge in [0.15, 0.2) is 17.0 Å². The van der Waals surface area contributed by atoms with E-state index in [1.54, 1.807) is 33.2 Å². The summed E-state index contributed by atoms with van der Waals surface area (Å²) in [5, 5.41) is 0. The third kappa shape index (κ3) is 4.56. The van der Waals surface area contributed by atoms with Crippen LogP contribution in [0.5, 0.6) is 17.2 Å². The molecule has 0 saturated heterocycles. The van der Waals surface area contributed by atoms with Gasteiger partial charge in [-0.3, -0.25) is 0 Å². The number of hydrogen-bond acceptors (Lipinski definition) is 6. The molecule has 0 aliphatic carbocycles. The average molecular weight is 570 g/mol. The summed E-state index contributed by atoms with van der Waals surface area (Å²) in [4.78, 5) is 19.0. The molecule has 0 spiro atoms. The van der Waals surface area contributed by atoms with Crippen LogP contribution in [-0.2, 0) is 17.1 Å². The number of benzene rings is 1. The van der Waals surface area contributed by atoms with Crippen molar-refractivity contribution < 1.29 is 36.1 Å². The Balaban J connectivity index is 0.00000308. The molecule has 6 rings (SSSR count). The molecular weight excluding hydrogens is 544 g/mol. The minimum Gasteiger partial charge on any atom is -0.494 e. The Morgan fingerprint density at radius 2 is 1.31 bits per heavy atom. The van der Waals surface area contributed by atoms with Crippen molar-refractivity contribution in [3.63, 3.8) is 0 Å². The van der Waals surface area contributed by atoms with Crippen molar-refractivity contribution in [2.24, 2.45) is 0 Å². The van der Waals surface area contributed by atoms with E-state index in [-0.39, 0.29) is 17.1 Å². The van der Waals surface area contributed by atoms with Gasteiger partial charge < -0.3 is 24.0 Å². The Bertz CT molecular complexity index is 1770. The number of methoxy groups -OCH3 is 3. The molecule has 1 aromatic carbocycles. The standard InChI is InChI=1S/C30H26N4O4.Cu/c1-35-25-17-23-15-21-11-10-19(31-21)14-20-12-13-22(32-20)16-24-26(18-8-6-5-7-9-18)29(36-2)28(34(24)38-4)30(37-3)27(25)33-23;/h5-17,33H,1-4H3;. The van der Waals surface area contributed by atoms with Crippen LogP contribution in [0.1, 0.15) is 22.8 Å². The van der Waals surface area contributed by atoms with Crippen LogP contribution in [0.3, 0.4) is 0 Å². The zero-order valence-corrected chi connectivity index (χ0v) is 22.7. The van der Waals surface area contributed by atoms with E-state index in [0.29, 0.717) is 28.3 Å². The molecule has 2 aliphatic heterocycles. The van der Waals surface area contributed by atoms with Crippen LogP contribution in [0.4, 0.5) is 0 Å². The van der Waals surface area contributed by atoms with Gasteiger partial charge in [-0.25, -0.2) is 9.97 Å². The molecule has 0 unspecified atom stereocenters. The van der Waals surface area contributed by atoms with Crippen LogP contribution >= 0.6 is 0 Å². The molecule has 201 valence electrons. The Morgan fingerprint density at radius 1 is 0.692 bits per heavy atom. The molecule has 0 atom stereocenters. The van der Waals surface area contributed by atoms with E-state index in [2.05, 4.69) is 4.98 Å². The molecule has 0 saturated carbocycles. The van der Waals surface area contributed by atoms with E-state index >= 15 is 0 Å². The first-order valence-electron chi connectivity index (χ1n) is 12.1. The van der Waals surface area contributed by atoms with E-state index in [0.717, 1.165) is 44.9 Å². The molecule has 39 heavy (non-hydrogen) atoms. The maximum atomic E-state index is 6.06. The molecule has 1 N–H and O–H groups in total. The Hall–Kier alpha value is -4.46. The minimum absolute atomic E-state index is 0. The van der Waals surface area contributed by atoms with E-state index in [4.69, 9.17) is 29.0 Å². The smallest absolute Gasteiger partial charge is 0.177 e. The van der Waals surface area contributed by atoms with Crippen molar-refractivity contribution >= 4 is 46.4 Å². The number of nitrogens with zero attached hydrogens (tertiary/aromatic N) is 3. The van der Waals surface area contributed by atoms with Crippen LogP contribution < -0.4 is 19.0 Å². The van der Waals surface area contributed by atoms with Gasteiger partial charge in [0.2, 0.25) is 0 Å². The van der Waals surface area contributed by atoms with Crippen molar-refractivity contribution in [2.75, 3.05) is 28.4 Å². The molecule has 5 heterocycles. The van der Waals surface area contributed by atoms with Gasteiger partial charge in [-0.15, -0.1) is 0 Å². The summed E-state index contributed by atoms with van der Waals surface area (Å²) in [6.45, 7) is 0. The molecule has 0 fully saturated rings. The van der Waals surface area contributed by atoms with Gasteiger partial charge >= 0.3 is 0 Å². The van der Waals surface area contributed by atoms with Gasteiger partial charge in [0.25, 0.3) is 0 Å². The molecule has 2 aliphatic rings. The first-order chi connectivity index (χ1) is 18.6. The number of aromatic amines is 1. The predicted octanol–water partition coefficient (Wildman–Crippen LogP) is 5.88. The second kappa shape index (κ2) is 10.7. The van der Waals surface area contributed by atoms with Crippen LogP contribution in [0.25, 0.3) is 57.5 Å². The monoisotopic (exact) mass is 569 g/mol. The first-order valence-corrected chi connectivity index (χ1v) is 12.1. The molecular formula is C30H26CuN4O4. The largest absolute Gasteiger partial charge is 0.494 e. The zero-order chi connectivity index (χ0) is 26.2. The van der Waals surface area contributed by atoms with E-state index in [9.17, 15) is 0 Å². The van der Waals surface area contributed by atoms with E-state index < -0.39 is 0 Å². The second-order valence-corrected chi connectivity index (χ2v) is 8.71. The summed E-state index contributed by atoms with van der Waals surface area (Å²) in [6, 6.07) is 17.8. The number of fused-ring (bicyclic) bond motifs is 8. The summed E-state index contributed by atoms with van der Waals surface area (Å²) in [7, 11) is 6.49. The van der Waals surface area contributed by atoms with Gasteiger partial charge in [0.05, 0.1) is 55.2 Å². The topological polar surface area (TPSA) is 83.4 Å². The summed E-state index contributed by atoms with van der Waals surface area (Å²) in [6.07, 6.45) is 7.87. The van der Waals surface area contributed by atoms with Crippen LogP contribution in [0.2, 0.25) is 0 Å². The summed E-state index contributed by atoms with van der Waals surface area (Å²) >= 11 is 0. The SMILES string of the molecule is COc1cc2cc3nc(cc4nc(cc5c(-c6ccccc6)c(OC)c(c(OC)c1[nH]2)n5OC)C=C4)C=C3.[Cu]. The Morgan fingerprint density at radius 3 is 1.90 bits per heavy atom. The summed E-state index contributed by atoms with van der Waals surface area (Å²) in [5.74, 6) is 1.69. The fraction of sp³-hybridized carbons (Fsp3) is 0.133. The van der Waals surface area contributed by atoms with E-state index in [1.165, 1.54) is 0 Å². The van der Waals surface area contributed by atoms with Crippen LogP contribution in [0.15, 0.2) is 54.6 Å². The number of aromatic nitrogens is 4. The van der Waals surface area contributed by atoms with Crippen molar-refractivity contribution in [3.05, 3.63) is 77.4 Å². The number of ether oxygens (including phenoxy) is 3. The number of nitrogens with one attached hydrogen (secondary N) is 1. The zero-order valence-electron chi connectivity index (χ0n) is 21.8. The Labute approximate surface area is 236 Å². The molecule has 4 aromatic rings. The van der Waals surface area contributed by atoms with Crippen molar-refractivity contribution in [3.8, 4) is 28.4 Å². The Kier molecular flexibility index (Phi) is 7.19. The maximum Gasteiger partial charge on any atom is 0.177 e. The van der Waals surface area contributed by atoms with Gasteiger partial charge in [0, 0.05) is 28.7 Å². The van der Waals surface area contributed by atoms with Gasteiger partial charge in [-0.2, -0.15) is 4.73 Å². The number of rotatable bonds is 5. The van der Waals surface area contributed by atoms with Gasteiger partial charge in [-0.05, 0) is 48.1 Å². The second-order valence-electron chi connectivity index (χ2n) is 8.71. The van der Waals surface area contributed by atoms with E-state index in [1.807, 2.05) is 78.9 Å². The average Bonchev–Trinajstić information content (AvgIpc) is 3.72. The molecule has 8 nitrogen and oxygen atoms in total. The quantitative estimate of drug-likeness (QED) is 0.261. The third-order valence-electron chi connectivity index (χ3n) is 6.49. The third-order valence-corrected chi connectivity index (χ3v) is 6.49. The normalized spacial score (nSPS) is 11.7. The molecule has 3 aromatic heterocycles. The number of hydrogen-bond donors (Lipinski definition) is 1. The molecule has 0 amide bonds. The van der Waals surface area contributed by atoms with Crippen molar-refractivity contribution in [1.82, 2.24) is 19.7 Å². The molecule has 9 heteroatoms. The predicted molar refractivity (Wildman–Crippen MR) is 150 cm³/mol. The van der Waals surface area contributed by atoms with Gasteiger partial charge in [-0.1, -0.05) is 30.3 Å². The van der Waals surface area contributed by atoms with Crippen molar-refractivity contribution in [1.29, 1.82) is 0 Å². The van der Waals surface area contributed by atoms with Crippen molar-refractivity contribution in [2.45, 2.75) is 0 Å². The fourth-order valence-electron chi connectivity index (χ4n) is 4.89. The van der Waals surface area contributed by atoms with Gasteiger partial charge in [0.1, 0.15) is 18.4 Å². The summed E-state index contributed by atoms with van der Waals surface area (Å²) < 4.78 is 19.5. The first kappa shape index (κ1) is 26.2. The number of H-pyrrole nitrogens is 1. The maximum absolute atomic E-state index is 6.06.